The number of hydrogen-bond donors (Lipinski definition) is 0. The molecule has 1 saturated carbocycles. The minimum atomic E-state index is -0.348. The largest absolute Gasteiger partial charge is 0.336 e. The van der Waals surface area contributed by atoms with Crippen LogP contribution in [0, 0.1) is 11.7 Å². The lowest BCUT2D eigenvalue weighted by Gasteiger charge is -2.25. The van der Waals surface area contributed by atoms with Crippen LogP contribution in [0.4, 0.5) is 4.39 Å². The molecule has 1 fully saturated rings. The average Bonchev–Trinajstić information content (AvgIpc) is 3.48. The van der Waals surface area contributed by atoms with E-state index >= 15 is 0 Å². The van der Waals surface area contributed by atoms with E-state index in [4.69, 9.17) is 0 Å². The summed E-state index contributed by atoms with van der Waals surface area (Å²) < 4.78 is 14.3. The van der Waals surface area contributed by atoms with E-state index in [2.05, 4.69) is 5.10 Å². The Labute approximate surface area is 173 Å². The zero-order chi connectivity index (χ0) is 20.4. The van der Waals surface area contributed by atoms with Crippen LogP contribution in [-0.4, -0.2) is 41.0 Å². The Balaban J connectivity index is 1.55. The number of benzene rings is 1. The maximum Gasteiger partial charge on any atom is 0.262 e. The van der Waals surface area contributed by atoms with Gasteiger partial charge in [0, 0.05) is 29.8 Å². The van der Waals surface area contributed by atoms with Crippen molar-refractivity contribution >= 4 is 28.9 Å². The first kappa shape index (κ1) is 19.8. The van der Waals surface area contributed by atoms with E-state index in [0.29, 0.717) is 17.7 Å². The SMILES string of the molecule is CN(CC(=O)N1N=C(c2ccccc2F)CC1c1cccs1)C(=O)C1CCCC1. The van der Waals surface area contributed by atoms with Gasteiger partial charge in [-0.05, 0) is 30.4 Å². The molecule has 29 heavy (non-hydrogen) atoms. The molecule has 5 nitrogen and oxygen atoms in total. The van der Waals surface area contributed by atoms with Gasteiger partial charge in [0.15, 0.2) is 0 Å². The molecule has 7 heteroatoms. The third kappa shape index (κ3) is 4.10. The molecule has 1 atom stereocenters. The number of likely N-dealkylation sites (N-methyl/N-ethyl adjacent to an activating group) is 1. The molecule has 0 bridgehead atoms. The lowest BCUT2D eigenvalue weighted by Crippen LogP contribution is -2.41. The maximum atomic E-state index is 14.3. The van der Waals surface area contributed by atoms with Gasteiger partial charge in [0.1, 0.15) is 12.4 Å². The molecule has 2 aromatic rings. The zero-order valence-corrected chi connectivity index (χ0v) is 17.2. The van der Waals surface area contributed by atoms with Crippen molar-refractivity contribution in [3.8, 4) is 0 Å². The average molecular weight is 414 g/mol. The van der Waals surface area contributed by atoms with Gasteiger partial charge in [-0.1, -0.05) is 37.1 Å². The monoisotopic (exact) mass is 413 g/mol. The van der Waals surface area contributed by atoms with Crippen LogP contribution >= 0.6 is 11.3 Å². The molecule has 1 aromatic carbocycles. The van der Waals surface area contributed by atoms with Crippen LogP contribution < -0.4 is 0 Å². The Morgan fingerprint density at radius 3 is 2.66 bits per heavy atom. The highest BCUT2D eigenvalue weighted by Gasteiger charge is 2.36. The molecule has 0 N–H and O–H groups in total. The molecule has 4 rings (SSSR count). The van der Waals surface area contributed by atoms with E-state index in [-0.39, 0.29) is 36.1 Å². The summed E-state index contributed by atoms with van der Waals surface area (Å²) in [6.45, 7) is -0.0226. The number of nitrogens with zero attached hydrogens (tertiary/aromatic N) is 3. The third-order valence-electron chi connectivity index (χ3n) is 5.68. The molecule has 1 aromatic heterocycles. The van der Waals surface area contributed by atoms with Crippen LogP contribution in [-0.2, 0) is 9.59 Å². The first-order valence-electron chi connectivity index (χ1n) is 9.97. The molecular weight excluding hydrogens is 389 g/mol. The summed E-state index contributed by atoms with van der Waals surface area (Å²) in [4.78, 5) is 28.2. The van der Waals surface area contributed by atoms with E-state index in [1.54, 1.807) is 36.6 Å². The third-order valence-corrected chi connectivity index (χ3v) is 6.65. The van der Waals surface area contributed by atoms with Gasteiger partial charge in [-0.25, -0.2) is 9.40 Å². The van der Waals surface area contributed by atoms with Gasteiger partial charge in [-0.2, -0.15) is 5.10 Å². The summed E-state index contributed by atoms with van der Waals surface area (Å²) in [5.74, 6) is -0.541. The van der Waals surface area contributed by atoms with Crippen LogP contribution in [0.15, 0.2) is 46.9 Å². The highest BCUT2D eigenvalue weighted by Crippen LogP contribution is 2.35. The predicted molar refractivity (Wildman–Crippen MR) is 111 cm³/mol. The minimum absolute atomic E-state index is 0.0226. The molecular formula is C22H24FN3O2S. The summed E-state index contributed by atoms with van der Waals surface area (Å²) in [5, 5.41) is 7.89. The number of hydrogen-bond acceptors (Lipinski definition) is 4. The van der Waals surface area contributed by atoms with E-state index in [1.807, 2.05) is 17.5 Å². The van der Waals surface area contributed by atoms with Crippen molar-refractivity contribution < 1.29 is 14.0 Å². The number of rotatable bonds is 5. The van der Waals surface area contributed by atoms with Crippen molar-refractivity contribution in [2.75, 3.05) is 13.6 Å². The van der Waals surface area contributed by atoms with E-state index in [9.17, 15) is 14.0 Å². The summed E-state index contributed by atoms with van der Waals surface area (Å²) in [7, 11) is 1.68. The van der Waals surface area contributed by atoms with Crippen molar-refractivity contribution in [1.29, 1.82) is 0 Å². The van der Waals surface area contributed by atoms with Crippen molar-refractivity contribution in [3.05, 3.63) is 58.0 Å². The summed E-state index contributed by atoms with van der Waals surface area (Å²) >= 11 is 1.55. The summed E-state index contributed by atoms with van der Waals surface area (Å²) in [6.07, 6.45) is 4.39. The van der Waals surface area contributed by atoms with Gasteiger partial charge >= 0.3 is 0 Å². The summed E-state index contributed by atoms with van der Waals surface area (Å²) in [5.41, 5.74) is 0.972. The van der Waals surface area contributed by atoms with Gasteiger partial charge in [0.05, 0.1) is 11.8 Å². The number of hydrazone groups is 1. The zero-order valence-electron chi connectivity index (χ0n) is 16.4. The first-order chi connectivity index (χ1) is 14.0. The molecule has 1 aliphatic heterocycles. The highest BCUT2D eigenvalue weighted by atomic mass is 32.1. The van der Waals surface area contributed by atoms with Gasteiger partial charge in [-0.3, -0.25) is 9.59 Å². The fourth-order valence-electron chi connectivity index (χ4n) is 4.14. The maximum absolute atomic E-state index is 14.3. The quantitative estimate of drug-likeness (QED) is 0.737. The smallest absolute Gasteiger partial charge is 0.262 e. The molecule has 2 heterocycles. The van der Waals surface area contributed by atoms with Crippen LogP contribution in [0.1, 0.15) is 48.6 Å². The molecule has 1 unspecified atom stereocenters. The molecule has 0 spiro atoms. The van der Waals surface area contributed by atoms with Gasteiger partial charge in [0.25, 0.3) is 5.91 Å². The van der Waals surface area contributed by atoms with Crippen LogP contribution in [0.5, 0.6) is 0 Å². The second-order valence-electron chi connectivity index (χ2n) is 7.68. The van der Waals surface area contributed by atoms with Crippen molar-refractivity contribution in [3.63, 3.8) is 0 Å². The molecule has 2 amide bonds. The second-order valence-corrected chi connectivity index (χ2v) is 8.66. The standard InChI is InChI=1S/C22H24FN3O2S/c1-25(22(28)15-7-2-3-8-15)14-21(27)26-19(20-11-6-12-29-20)13-18(24-26)16-9-4-5-10-17(16)23/h4-6,9-12,15,19H,2-3,7-8,13-14H2,1H3. The van der Waals surface area contributed by atoms with E-state index in [0.717, 1.165) is 30.6 Å². The molecule has 0 saturated heterocycles. The van der Waals surface area contributed by atoms with Gasteiger partial charge in [0.2, 0.25) is 5.91 Å². The lowest BCUT2D eigenvalue weighted by molar-refractivity contribution is -0.142. The Morgan fingerprint density at radius 2 is 1.97 bits per heavy atom. The second kappa shape index (κ2) is 8.45. The molecule has 2 aliphatic rings. The van der Waals surface area contributed by atoms with Crippen LogP contribution in [0.2, 0.25) is 0 Å². The Hall–Kier alpha value is -2.54. The van der Waals surface area contributed by atoms with Crippen LogP contribution in [0.3, 0.4) is 0 Å². The number of halogens is 1. The molecule has 0 radical (unpaired) electrons. The summed E-state index contributed by atoms with van der Waals surface area (Å²) in [6, 6.07) is 10.1. The number of thiophene rings is 1. The Kier molecular flexibility index (Phi) is 5.76. The highest BCUT2D eigenvalue weighted by molar-refractivity contribution is 7.10. The van der Waals surface area contributed by atoms with E-state index in [1.165, 1.54) is 16.0 Å². The van der Waals surface area contributed by atoms with E-state index < -0.39 is 0 Å². The predicted octanol–water partition coefficient (Wildman–Crippen LogP) is 4.21. The van der Waals surface area contributed by atoms with Crippen LogP contribution in [0.25, 0.3) is 0 Å². The number of carbonyl (C=O) groups excluding carboxylic acids is 2. The van der Waals surface area contributed by atoms with Crippen molar-refractivity contribution in [2.24, 2.45) is 11.0 Å². The first-order valence-corrected chi connectivity index (χ1v) is 10.9. The fraction of sp³-hybridized carbons (Fsp3) is 0.409. The fourth-order valence-corrected chi connectivity index (χ4v) is 4.95. The lowest BCUT2D eigenvalue weighted by atomic mass is 10.0. The van der Waals surface area contributed by atoms with Crippen molar-refractivity contribution in [1.82, 2.24) is 9.91 Å². The topological polar surface area (TPSA) is 53.0 Å². The van der Waals surface area contributed by atoms with Crippen molar-refractivity contribution in [2.45, 2.75) is 38.1 Å². The molecule has 1 aliphatic carbocycles. The number of amides is 2. The Bertz CT molecular complexity index is 922. The molecule has 152 valence electrons. The van der Waals surface area contributed by atoms with Gasteiger partial charge < -0.3 is 4.90 Å². The Morgan fingerprint density at radius 1 is 1.21 bits per heavy atom. The van der Waals surface area contributed by atoms with Gasteiger partial charge in [-0.15, -0.1) is 11.3 Å². The normalized spacial score (nSPS) is 19.4. The number of carbonyl (C=O) groups is 2. The minimum Gasteiger partial charge on any atom is -0.336 e.